The molecule has 52 valence electrons. The van der Waals surface area contributed by atoms with Crippen LogP contribution in [0.25, 0.3) is 0 Å². The first-order valence-corrected chi connectivity index (χ1v) is 4.78. The standard InChI is InChI=1S/C7H12O.W/c1-5(2)4-7-6(3)8-7;/h5-7H,1-3H3;. The summed E-state index contributed by atoms with van der Waals surface area (Å²) >= 11 is 1.59. The van der Waals surface area contributed by atoms with Crippen LogP contribution in [-0.4, -0.2) is 16.1 Å². The third-order valence-corrected chi connectivity index (χ3v) is 4.09. The van der Waals surface area contributed by atoms with E-state index >= 15 is 0 Å². The molecule has 0 bridgehead atoms. The Balaban J connectivity index is 2.36. The monoisotopic (exact) mass is 296 g/mol. The molecule has 0 aromatic rings. The summed E-state index contributed by atoms with van der Waals surface area (Å²) in [4.78, 5) is 0. The fraction of sp³-hybridized carbons (Fsp3) is 0.857. The van der Waals surface area contributed by atoms with Crippen LogP contribution in [0.15, 0.2) is 0 Å². The van der Waals surface area contributed by atoms with Gasteiger partial charge < -0.3 is 0 Å². The van der Waals surface area contributed by atoms with Gasteiger partial charge in [0, 0.05) is 0 Å². The van der Waals surface area contributed by atoms with E-state index in [0.717, 1.165) is 5.92 Å². The second-order valence-electron chi connectivity index (χ2n) is 2.82. The van der Waals surface area contributed by atoms with E-state index in [4.69, 9.17) is 4.74 Å². The zero-order chi connectivity index (χ0) is 7.02. The molecule has 0 saturated carbocycles. The molecule has 0 aliphatic carbocycles. The van der Waals surface area contributed by atoms with Crippen molar-refractivity contribution in [3.05, 3.63) is 0 Å². The van der Waals surface area contributed by atoms with Crippen molar-refractivity contribution >= 4 is 3.90 Å². The van der Waals surface area contributed by atoms with Gasteiger partial charge >= 0.3 is 66.9 Å². The van der Waals surface area contributed by atoms with Crippen molar-refractivity contribution in [3.8, 4) is 0 Å². The molecular formula is C7H12OW. The Labute approximate surface area is 67.2 Å². The predicted molar refractivity (Wildman–Crippen MR) is 34.2 cm³/mol. The maximum absolute atomic E-state index is 5.32. The van der Waals surface area contributed by atoms with Crippen molar-refractivity contribution < 1.29 is 24.1 Å². The van der Waals surface area contributed by atoms with Crippen molar-refractivity contribution in [2.24, 2.45) is 5.92 Å². The van der Waals surface area contributed by atoms with Gasteiger partial charge in [0.2, 0.25) is 0 Å². The molecule has 1 aliphatic rings. The van der Waals surface area contributed by atoms with Crippen LogP contribution in [0.3, 0.4) is 0 Å². The van der Waals surface area contributed by atoms with Crippen LogP contribution in [0.2, 0.25) is 0 Å². The number of rotatable bonds is 2. The predicted octanol–water partition coefficient (Wildman–Crippen LogP) is 1.15. The Morgan fingerprint density at radius 1 is 1.56 bits per heavy atom. The van der Waals surface area contributed by atoms with Gasteiger partial charge in [0.15, 0.2) is 0 Å². The number of ether oxygens (including phenoxy) is 1. The molecule has 1 nitrogen and oxygen atoms in total. The van der Waals surface area contributed by atoms with Crippen LogP contribution in [0, 0.1) is 5.92 Å². The Hall–Kier alpha value is 0.518. The zero-order valence-corrected chi connectivity index (χ0v) is 8.98. The molecule has 0 N–H and O–H groups in total. The van der Waals surface area contributed by atoms with Gasteiger partial charge in [-0.2, -0.15) is 0 Å². The Kier molecular flexibility index (Phi) is 2.23. The molecule has 0 aromatic carbocycles. The number of hydrogen-bond acceptors (Lipinski definition) is 1. The molecule has 1 heterocycles. The van der Waals surface area contributed by atoms with Crippen molar-refractivity contribution in [2.45, 2.75) is 33.0 Å². The number of epoxide rings is 1. The zero-order valence-electron chi connectivity index (χ0n) is 6.05. The second kappa shape index (κ2) is 2.63. The van der Waals surface area contributed by atoms with Crippen molar-refractivity contribution in [3.63, 3.8) is 0 Å². The molecule has 1 aliphatic heterocycles. The maximum atomic E-state index is 5.32. The van der Waals surface area contributed by atoms with E-state index in [1.165, 1.54) is 0 Å². The first kappa shape index (κ1) is 7.62. The van der Waals surface area contributed by atoms with E-state index in [0.29, 0.717) is 12.2 Å². The summed E-state index contributed by atoms with van der Waals surface area (Å²) in [6, 6.07) is 0. The summed E-state index contributed by atoms with van der Waals surface area (Å²) < 4.78 is 6.90. The molecule has 0 radical (unpaired) electrons. The molecule has 0 amide bonds. The summed E-state index contributed by atoms with van der Waals surface area (Å²) in [6.07, 6.45) is 1.03. The van der Waals surface area contributed by atoms with Gasteiger partial charge in [-0.25, -0.2) is 0 Å². The Bertz CT molecular complexity index is 131. The topological polar surface area (TPSA) is 12.5 Å². The minimum atomic E-state index is 0.514. The molecule has 9 heavy (non-hydrogen) atoms. The van der Waals surface area contributed by atoms with E-state index in [1.807, 2.05) is 0 Å². The molecule has 2 heteroatoms. The van der Waals surface area contributed by atoms with Gasteiger partial charge in [-0.15, -0.1) is 0 Å². The van der Waals surface area contributed by atoms with Gasteiger partial charge in [-0.3, -0.25) is 0 Å². The SMILES string of the molecule is CC(C)[C](=[W])C1OC1C. The fourth-order valence-electron chi connectivity index (χ4n) is 0.813. The summed E-state index contributed by atoms with van der Waals surface area (Å²) in [5, 5.41) is 0. The molecule has 2 unspecified atom stereocenters. The molecule has 1 rings (SSSR count). The van der Waals surface area contributed by atoms with Gasteiger partial charge in [-0.05, 0) is 0 Å². The van der Waals surface area contributed by atoms with Crippen molar-refractivity contribution in [2.75, 3.05) is 0 Å². The summed E-state index contributed by atoms with van der Waals surface area (Å²) in [6.45, 7) is 6.60. The summed E-state index contributed by atoms with van der Waals surface area (Å²) in [5.41, 5.74) is 0. The van der Waals surface area contributed by atoms with Gasteiger partial charge in [0.25, 0.3) is 0 Å². The quantitative estimate of drug-likeness (QED) is 0.696. The average molecular weight is 296 g/mol. The third kappa shape index (κ3) is 1.72. The molecule has 1 saturated heterocycles. The average Bonchev–Trinajstić information content (AvgIpc) is 2.44. The summed E-state index contributed by atoms with van der Waals surface area (Å²) in [5.74, 6) is 0.718. The molecule has 2 atom stereocenters. The number of hydrogen-bond donors (Lipinski definition) is 0. The molecule has 0 spiro atoms. The first-order valence-electron chi connectivity index (χ1n) is 3.32. The molecule has 1 fully saturated rings. The Morgan fingerprint density at radius 2 is 2.00 bits per heavy atom. The molecular weight excluding hydrogens is 284 g/mol. The van der Waals surface area contributed by atoms with Crippen molar-refractivity contribution in [1.82, 2.24) is 0 Å². The van der Waals surface area contributed by atoms with E-state index in [-0.39, 0.29) is 0 Å². The van der Waals surface area contributed by atoms with Gasteiger partial charge in [0.05, 0.1) is 0 Å². The van der Waals surface area contributed by atoms with Crippen LogP contribution >= 0.6 is 0 Å². The normalized spacial score (nSPS) is 32.9. The third-order valence-electron chi connectivity index (χ3n) is 1.56. The van der Waals surface area contributed by atoms with Crippen LogP contribution in [-0.2, 0) is 24.1 Å². The molecule has 0 aromatic heterocycles. The van der Waals surface area contributed by atoms with E-state index in [9.17, 15) is 0 Å². The van der Waals surface area contributed by atoms with E-state index in [1.54, 1.807) is 23.3 Å². The van der Waals surface area contributed by atoms with Crippen LogP contribution in [0.5, 0.6) is 0 Å². The van der Waals surface area contributed by atoms with E-state index in [2.05, 4.69) is 20.8 Å². The minimum absolute atomic E-state index is 0.514. The van der Waals surface area contributed by atoms with Gasteiger partial charge in [-0.1, -0.05) is 0 Å². The van der Waals surface area contributed by atoms with Crippen LogP contribution < -0.4 is 0 Å². The van der Waals surface area contributed by atoms with Crippen LogP contribution in [0.1, 0.15) is 20.8 Å². The van der Waals surface area contributed by atoms with E-state index < -0.39 is 0 Å². The summed E-state index contributed by atoms with van der Waals surface area (Å²) in [7, 11) is 0. The van der Waals surface area contributed by atoms with Gasteiger partial charge in [0.1, 0.15) is 0 Å². The fourth-order valence-corrected chi connectivity index (χ4v) is 1.70. The Morgan fingerprint density at radius 3 is 2.11 bits per heavy atom. The second-order valence-corrected chi connectivity index (χ2v) is 4.51. The first-order chi connectivity index (χ1) is 4.13. The van der Waals surface area contributed by atoms with Crippen LogP contribution in [0.4, 0.5) is 0 Å². The van der Waals surface area contributed by atoms with Crippen molar-refractivity contribution in [1.29, 1.82) is 0 Å².